The minimum absolute atomic E-state index is 0.0793. The first-order valence-corrected chi connectivity index (χ1v) is 10.2. The van der Waals surface area contributed by atoms with Gasteiger partial charge in [0.1, 0.15) is 5.82 Å². The van der Waals surface area contributed by atoms with E-state index in [1.165, 1.54) is 17.7 Å². The Labute approximate surface area is 175 Å². The zero-order chi connectivity index (χ0) is 20.6. The van der Waals surface area contributed by atoms with E-state index in [-0.39, 0.29) is 18.2 Å². The van der Waals surface area contributed by atoms with Crippen LogP contribution >= 0.6 is 11.6 Å². The van der Waals surface area contributed by atoms with Gasteiger partial charge < -0.3 is 10.6 Å². The lowest BCUT2D eigenvalue weighted by Gasteiger charge is -2.34. The molecule has 2 amide bonds. The molecule has 154 valence electrons. The quantitative estimate of drug-likeness (QED) is 0.649. The summed E-state index contributed by atoms with van der Waals surface area (Å²) in [7, 11) is 0. The predicted molar refractivity (Wildman–Crippen MR) is 111 cm³/mol. The summed E-state index contributed by atoms with van der Waals surface area (Å²) in [5, 5.41) is 6.03. The summed E-state index contributed by atoms with van der Waals surface area (Å²) in [5.74, 6) is -0.731. The molecular weight excluding hydrogens is 393 g/mol. The lowest BCUT2D eigenvalue weighted by molar-refractivity contribution is -0.134. The molecule has 0 spiro atoms. The second-order valence-corrected chi connectivity index (χ2v) is 7.56. The van der Waals surface area contributed by atoms with E-state index >= 15 is 0 Å². The normalized spacial score (nSPS) is 17.0. The summed E-state index contributed by atoms with van der Waals surface area (Å²) in [6.07, 6.45) is 1.80. The first-order chi connectivity index (χ1) is 14.0. The summed E-state index contributed by atoms with van der Waals surface area (Å²) in [6.45, 7) is 2.06. The van der Waals surface area contributed by atoms with Crippen LogP contribution in [0.2, 0.25) is 5.02 Å². The van der Waals surface area contributed by atoms with Gasteiger partial charge in [-0.2, -0.15) is 0 Å². The highest BCUT2D eigenvalue weighted by atomic mass is 35.5. The first-order valence-electron chi connectivity index (χ1n) is 9.79. The minimum atomic E-state index is -0.570. The van der Waals surface area contributed by atoms with E-state index in [9.17, 15) is 14.0 Å². The maximum absolute atomic E-state index is 13.3. The van der Waals surface area contributed by atoms with Gasteiger partial charge in [-0.25, -0.2) is 4.39 Å². The molecule has 2 N–H and O–H groups in total. The topological polar surface area (TPSA) is 61.4 Å². The van der Waals surface area contributed by atoms with Crippen molar-refractivity contribution >= 4 is 23.4 Å². The van der Waals surface area contributed by atoms with Gasteiger partial charge >= 0.3 is 0 Å². The van der Waals surface area contributed by atoms with Gasteiger partial charge in [-0.05, 0) is 36.1 Å². The number of piperazine rings is 1. The molecule has 0 radical (unpaired) electrons. The van der Waals surface area contributed by atoms with Crippen LogP contribution in [0.15, 0.2) is 48.5 Å². The third-order valence-electron chi connectivity index (χ3n) is 5.02. The van der Waals surface area contributed by atoms with Crippen LogP contribution in [-0.4, -0.2) is 42.4 Å². The van der Waals surface area contributed by atoms with E-state index in [1.807, 2.05) is 23.1 Å². The second-order valence-electron chi connectivity index (χ2n) is 7.16. The summed E-state index contributed by atoms with van der Waals surface area (Å²) in [5.41, 5.74) is 1.96. The van der Waals surface area contributed by atoms with Crippen molar-refractivity contribution in [2.24, 2.45) is 0 Å². The zero-order valence-electron chi connectivity index (χ0n) is 16.2. The van der Waals surface area contributed by atoms with Gasteiger partial charge in [0.15, 0.2) is 0 Å². The third kappa shape index (κ3) is 6.27. The number of carbonyl (C=O) groups is 2. The van der Waals surface area contributed by atoms with Crippen molar-refractivity contribution in [3.63, 3.8) is 0 Å². The summed E-state index contributed by atoms with van der Waals surface area (Å²) in [6, 6.07) is 13.7. The molecular formula is C22H25ClFN3O2. The Balaban J connectivity index is 1.51. The Hall–Kier alpha value is -2.44. The Morgan fingerprint density at radius 1 is 1.24 bits per heavy atom. The molecule has 1 heterocycles. The Morgan fingerprint density at radius 3 is 2.79 bits per heavy atom. The lowest BCUT2D eigenvalue weighted by Crippen LogP contribution is -2.56. The van der Waals surface area contributed by atoms with Gasteiger partial charge in [-0.1, -0.05) is 48.0 Å². The molecule has 5 nitrogen and oxygen atoms in total. The molecule has 0 saturated carbocycles. The van der Waals surface area contributed by atoms with Gasteiger partial charge in [-0.15, -0.1) is 0 Å². The van der Waals surface area contributed by atoms with Gasteiger partial charge in [0.05, 0.1) is 12.5 Å². The maximum atomic E-state index is 13.3. The van der Waals surface area contributed by atoms with E-state index in [2.05, 4.69) is 22.8 Å². The number of rotatable bonds is 8. The van der Waals surface area contributed by atoms with Gasteiger partial charge in [-0.3, -0.25) is 14.5 Å². The SMILES string of the molecule is O=C(C[C@@H]1C(=O)NCCN1Cc1ccc(F)cc1Cl)NCCCc1ccccc1. The lowest BCUT2D eigenvalue weighted by atomic mass is 10.1. The monoisotopic (exact) mass is 417 g/mol. The molecule has 0 bridgehead atoms. The molecule has 1 saturated heterocycles. The molecule has 7 heteroatoms. The van der Waals surface area contributed by atoms with Gasteiger partial charge in [0, 0.05) is 31.2 Å². The van der Waals surface area contributed by atoms with Crippen molar-refractivity contribution in [3.05, 3.63) is 70.5 Å². The minimum Gasteiger partial charge on any atom is -0.356 e. The fraction of sp³-hybridized carbons (Fsp3) is 0.364. The number of benzene rings is 2. The van der Waals surface area contributed by atoms with Crippen LogP contribution in [0.1, 0.15) is 24.0 Å². The molecule has 3 rings (SSSR count). The molecule has 0 aliphatic carbocycles. The van der Waals surface area contributed by atoms with Crippen molar-refractivity contribution in [3.8, 4) is 0 Å². The Morgan fingerprint density at radius 2 is 2.03 bits per heavy atom. The summed E-state index contributed by atoms with van der Waals surface area (Å²) >= 11 is 6.13. The third-order valence-corrected chi connectivity index (χ3v) is 5.37. The average molecular weight is 418 g/mol. The van der Waals surface area contributed by atoms with Gasteiger partial charge in [0.25, 0.3) is 0 Å². The fourth-order valence-electron chi connectivity index (χ4n) is 3.45. The maximum Gasteiger partial charge on any atom is 0.237 e. The van der Waals surface area contributed by atoms with E-state index < -0.39 is 11.9 Å². The molecule has 0 unspecified atom stereocenters. The molecule has 1 fully saturated rings. The van der Waals surface area contributed by atoms with Crippen LogP contribution in [0, 0.1) is 5.82 Å². The van der Waals surface area contributed by atoms with E-state index in [4.69, 9.17) is 11.6 Å². The summed E-state index contributed by atoms with van der Waals surface area (Å²) in [4.78, 5) is 26.7. The molecule has 1 atom stereocenters. The molecule has 1 aliphatic heterocycles. The number of nitrogens with one attached hydrogen (secondary N) is 2. The van der Waals surface area contributed by atoms with E-state index in [1.54, 1.807) is 6.07 Å². The largest absolute Gasteiger partial charge is 0.356 e. The van der Waals surface area contributed by atoms with Gasteiger partial charge in [0.2, 0.25) is 11.8 Å². The van der Waals surface area contributed by atoms with Crippen molar-refractivity contribution in [2.45, 2.75) is 31.8 Å². The van der Waals surface area contributed by atoms with E-state index in [0.29, 0.717) is 31.2 Å². The second kappa shape index (κ2) is 10.4. The number of hydrogen-bond acceptors (Lipinski definition) is 3. The smallest absolute Gasteiger partial charge is 0.237 e. The highest BCUT2D eigenvalue weighted by Gasteiger charge is 2.31. The van der Waals surface area contributed by atoms with Crippen LogP contribution in [0.4, 0.5) is 4.39 Å². The zero-order valence-corrected chi connectivity index (χ0v) is 16.9. The van der Waals surface area contributed by atoms with Crippen molar-refractivity contribution in [1.29, 1.82) is 0 Å². The number of amides is 2. The number of carbonyl (C=O) groups excluding carboxylic acids is 2. The van der Waals surface area contributed by atoms with Crippen LogP contribution in [0.5, 0.6) is 0 Å². The molecule has 2 aromatic rings. The van der Waals surface area contributed by atoms with Crippen LogP contribution in [0.3, 0.4) is 0 Å². The number of nitrogens with zero attached hydrogens (tertiary/aromatic N) is 1. The Bertz CT molecular complexity index is 847. The average Bonchev–Trinajstić information content (AvgIpc) is 2.71. The number of aryl methyl sites for hydroxylation is 1. The van der Waals surface area contributed by atoms with Crippen molar-refractivity contribution in [1.82, 2.24) is 15.5 Å². The van der Waals surface area contributed by atoms with Crippen molar-refractivity contribution in [2.75, 3.05) is 19.6 Å². The predicted octanol–water partition coefficient (Wildman–Crippen LogP) is 2.92. The standard InChI is InChI=1S/C22H25ClFN3O2/c23-19-13-18(24)9-8-17(19)15-27-12-11-26-22(29)20(27)14-21(28)25-10-4-7-16-5-2-1-3-6-16/h1-3,5-6,8-9,13,20H,4,7,10-12,14-15H2,(H,25,28)(H,26,29)/t20-/m1/s1. The molecule has 0 aromatic heterocycles. The molecule has 29 heavy (non-hydrogen) atoms. The molecule has 2 aromatic carbocycles. The summed E-state index contributed by atoms with van der Waals surface area (Å²) < 4.78 is 13.3. The van der Waals surface area contributed by atoms with Crippen LogP contribution in [-0.2, 0) is 22.6 Å². The van der Waals surface area contributed by atoms with Crippen molar-refractivity contribution < 1.29 is 14.0 Å². The molecule has 1 aliphatic rings. The number of halogens is 2. The fourth-order valence-corrected chi connectivity index (χ4v) is 3.68. The van der Waals surface area contributed by atoms with Crippen LogP contribution in [0.25, 0.3) is 0 Å². The van der Waals surface area contributed by atoms with E-state index in [0.717, 1.165) is 18.4 Å². The highest BCUT2D eigenvalue weighted by Crippen LogP contribution is 2.21. The first kappa shape index (κ1) is 21.3. The van der Waals surface area contributed by atoms with Crippen LogP contribution < -0.4 is 10.6 Å². The number of hydrogen-bond donors (Lipinski definition) is 2. The highest BCUT2D eigenvalue weighted by molar-refractivity contribution is 6.31. The Kier molecular flexibility index (Phi) is 7.61.